The standard InChI is InChI=1S/C20H21N3O3/c24-19-15-22-23(18-10-5-4-9-17(18)19)13-11-20(25)21-12-6-14-26-16-7-2-1-3-8-16/h1-5,7-10,15H,6,11-14H2,(H,21,25). The molecule has 3 rings (SSSR count). The second-order valence-electron chi connectivity index (χ2n) is 5.86. The van der Waals surface area contributed by atoms with Crippen LogP contribution in [0.4, 0.5) is 0 Å². The summed E-state index contributed by atoms with van der Waals surface area (Å²) in [6.07, 6.45) is 2.33. The number of nitrogens with zero attached hydrogens (tertiary/aromatic N) is 2. The second-order valence-corrected chi connectivity index (χ2v) is 5.86. The van der Waals surface area contributed by atoms with Gasteiger partial charge in [0, 0.05) is 18.4 Å². The van der Waals surface area contributed by atoms with E-state index < -0.39 is 0 Å². The first-order valence-electron chi connectivity index (χ1n) is 8.63. The highest BCUT2D eigenvalue weighted by atomic mass is 16.5. The fourth-order valence-electron chi connectivity index (χ4n) is 2.64. The van der Waals surface area contributed by atoms with E-state index in [1.54, 1.807) is 10.7 Å². The molecule has 0 radical (unpaired) electrons. The third-order valence-corrected chi connectivity index (χ3v) is 3.97. The van der Waals surface area contributed by atoms with Gasteiger partial charge in [0.1, 0.15) is 5.75 Å². The molecule has 0 saturated heterocycles. The molecule has 6 nitrogen and oxygen atoms in total. The number of para-hydroxylation sites is 2. The molecule has 0 aliphatic heterocycles. The quantitative estimate of drug-likeness (QED) is 0.633. The summed E-state index contributed by atoms with van der Waals surface area (Å²) in [4.78, 5) is 23.8. The highest BCUT2D eigenvalue weighted by Gasteiger charge is 2.06. The molecule has 0 saturated carbocycles. The van der Waals surface area contributed by atoms with Gasteiger partial charge in [-0.05, 0) is 30.7 Å². The zero-order valence-corrected chi connectivity index (χ0v) is 14.4. The summed E-state index contributed by atoms with van der Waals surface area (Å²) in [5, 5.41) is 7.61. The first-order valence-corrected chi connectivity index (χ1v) is 8.63. The van der Waals surface area contributed by atoms with E-state index in [1.807, 2.05) is 48.5 Å². The Morgan fingerprint density at radius 2 is 1.85 bits per heavy atom. The van der Waals surface area contributed by atoms with Crippen LogP contribution in [0.15, 0.2) is 65.6 Å². The molecule has 0 atom stereocenters. The van der Waals surface area contributed by atoms with E-state index in [2.05, 4.69) is 10.4 Å². The average Bonchev–Trinajstić information content (AvgIpc) is 2.68. The van der Waals surface area contributed by atoms with Crippen molar-refractivity contribution in [1.29, 1.82) is 0 Å². The maximum Gasteiger partial charge on any atom is 0.221 e. The molecule has 1 heterocycles. The van der Waals surface area contributed by atoms with Gasteiger partial charge in [-0.3, -0.25) is 14.3 Å². The van der Waals surface area contributed by atoms with Crippen molar-refractivity contribution in [2.24, 2.45) is 0 Å². The van der Waals surface area contributed by atoms with Crippen LogP contribution in [0.5, 0.6) is 5.75 Å². The number of rotatable bonds is 8. The SMILES string of the molecule is O=C(CCn1ncc(=O)c2ccccc21)NCCCOc1ccccc1. The van der Waals surface area contributed by atoms with E-state index in [1.165, 1.54) is 6.20 Å². The predicted octanol–water partition coefficient (Wildman–Crippen LogP) is 2.37. The van der Waals surface area contributed by atoms with Crippen molar-refractivity contribution in [2.75, 3.05) is 13.2 Å². The number of aryl methyl sites for hydroxylation is 1. The van der Waals surface area contributed by atoms with Crippen LogP contribution in [0.2, 0.25) is 0 Å². The van der Waals surface area contributed by atoms with Gasteiger partial charge in [0.15, 0.2) is 0 Å². The predicted molar refractivity (Wildman–Crippen MR) is 100 cm³/mol. The highest BCUT2D eigenvalue weighted by molar-refractivity contribution is 5.79. The summed E-state index contributed by atoms with van der Waals surface area (Å²) in [6, 6.07) is 16.9. The molecule has 0 fully saturated rings. The lowest BCUT2D eigenvalue weighted by atomic mass is 10.2. The summed E-state index contributed by atoms with van der Waals surface area (Å²) < 4.78 is 7.27. The zero-order chi connectivity index (χ0) is 18.2. The van der Waals surface area contributed by atoms with Crippen LogP contribution < -0.4 is 15.5 Å². The highest BCUT2D eigenvalue weighted by Crippen LogP contribution is 2.09. The van der Waals surface area contributed by atoms with Crippen molar-refractivity contribution in [2.45, 2.75) is 19.4 Å². The monoisotopic (exact) mass is 351 g/mol. The third kappa shape index (κ3) is 4.69. The lowest BCUT2D eigenvalue weighted by molar-refractivity contribution is -0.121. The van der Waals surface area contributed by atoms with Crippen LogP contribution in [0.25, 0.3) is 10.9 Å². The topological polar surface area (TPSA) is 73.2 Å². The Bertz CT molecular complexity index is 922. The molecule has 26 heavy (non-hydrogen) atoms. The van der Waals surface area contributed by atoms with Crippen LogP contribution in [0.1, 0.15) is 12.8 Å². The van der Waals surface area contributed by atoms with Gasteiger partial charge >= 0.3 is 0 Å². The van der Waals surface area contributed by atoms with Crippen LogP contribution in [-0.4, -0.2) is 28.8 Å². The molecular weight excluding hydrogens is 330 g/mol. The van der Waals surface area contributed by atoms with Gasteiger partial charge in [-0.15, -0.1) is 0 Å². The lowest BCUT2D eigenvalue weighted by Crippen LogP contribution is -2.27. The first kappa shape index (κ1) is 17.7. The van der Waals surface area contributed by atoms with Crippen molar-refractivity contribution >= 4 is 16.8 Å². The van der Waals surface area contributed by atoms with Crippen LogP contribution in [0.3, 0.4) is 0 Å². The van der Waals surface area contributed by atoms with Crippen molar-refractivity contribution in [3.8, 4) is 5.75 Å². The molecule has 6 heteroatoms. The summed E-state index contributed by atoms with van der Waals surface area (Å²) in [5.74, 6) is 0.782. The Hall–Kier alpha value is -3.15. The summed E-state index contributed by atoms with van der Waals surface area (Å²) >= 11 is 0. The third-order valence-electron chi connectivity index (χ3n) is 3.97. The number of nitrogens with one attached hydrogen (secondary N) is 1. The van der Waals surface area contributed by atoms with E-state index in [9.17, 15) is 9.59 Å². The number of hydrogen-bond acceptors (Lipinski definition) is 4. The number of hydrogen-bond donors (Lipinski definition) is 1. The minimum absolute atomic E-state index is 0.0470. The molecule has 0 bridgehead atoms. The van der Waals surface area contributed by atoms with Gasteiger partial charge in [0.2, 0.25) is 11.3 Å². The van der Waals surface area contributed by atoms with Gasteiger partial charge in [-0.1, -0.05) is 30.3 Å². The number of aromatic nitrogens is 2. The van der Waals surface area contributed by atoms with Crippen LogP contribution in [-0.2, 0) is 11.3 Å². The number of benzene rings is 2. The first-order chi connectivity index (χ1) is 12.7. The van der Waals surface area contributed by atoms with Crippen molar-refractivity contribution in [1.82, 2.24) is 15.1 Å². The molecular formula is C20H21N3O3. The summed E-state index contributed by atoms with van der Waals surface area (Å²) in [7, 11) is 0. The largest absolute Gasteiger partial charge is 0.494 e. The number of carbonyl (C=O) groups excluding carboxylic acids is 1. The van der Waals surface area contributed by atoms with E-state index >= 15 is 0 Å². The Labute approximate surface area is 151 Å². The minimum atomic E-state index is -0.111. The molecule has 1 amide bonds. The Morgan fingerprint density at radius 3 is 2.69 bits per heavy atom. The van der Waals surface area contributed by atoms with Gasteiger partial charge in [0.05, 0.1) is 24.9 Å². The molecule has 0 aliphatic rings. The van der Waals surface area contributed by atoms with Gasteiger partial charge in [0.25, 0.3) is 0 Å². The Balaban J connectivity index is 1.42. The number of ether oxygens (including phenoxy) is 1. The van der Waals surface area contributed by atoms with Crippen LogP contribution in [0, 0.1) is 0 Å². The van der Waals surface area contributed by atoms with Crippen molar-refractivity contribution in [3.05, 3.63) is 71.0 Å². The van der Waals surface area contributed by atoms with E-state index in [4.69, 9.17) is 4.74 Å². The smallest absolute Gasteiger partial charge is 0.221 e. The summed E-state index contributed by atoms with van der Waals surface area (Å²) in [6.45, 7) is 1.54. The number of amides is 1. The Morgan fingerprint density at radius 1 is 1.08 bits per heavy atom. The molecule has 1 N–H and O–H groups in total. The van der Waals surface area contributed by atoms with Gasteiger partial charge in [-0.2, -0.15) is 5.10 Å². The van der Waals surface area contributed by atoms with Crippen molar-refractivity contribution in [3.63, 3.8) is 0 Å². The van der Waals surface area contributed by atoms with Crippen molar-refractivity contribution < 1.29 is 9.53 Å². The maximum absolute atomic E-state index is 12.0. The number of fused-ring (bicyclic) bond motifs is 1. The second kappa shape index (κ2) is 8.80. The molecule has 3 aromatic rings. The average molecular weight is 351 g/mol. The maximum atomic E-state index is 12.0. The molecule has 0 aliphatic carbocycles. The lowest BCUT2D eigenvalue weighted by Gasteiger charge is -2.10. The van der Waals surface area contributed by atoms with Gasteiger partial charge < -0.3 is 10.1 Å². The minimum Gasteiger partial charge on any atom is -0.494 e. The molecule has 0 spiro atoms. The summed E-state index contributed by atoms with van der Waals surface area (Å²) in [5.41, 5.74) is 0.628. The normalized spacial score (nSPS) is 10.6. The number of carbonyl (C=O) groups is 1. The van der Waals surface area contributed by atoms with E-state index in [-0.39, 0.29) is 11.3 Å². The fraction of sp³-hybridized carbons (Fsp3) is 0.250. The molecule has 2 aromatic carbocycles. The van der Waals surface area contributed by atoms with E-state index in [0.717, 1.165) is 17.7 Å². The Kier molecular flexibility index (Phi) is 5.98. The molecule has 0 unspecified atom stereocenters. The van der Waals surface area contributed by atoms with Crippen LogP contribution >= 0.6 is 0 Å². The zero-order valence-electron chi connectivity index (χ0n) is 14.4. The molecule has 1 aromatic heterocycles. The van der Waals surface area contributed by atoms with E-state index in [0.29, 0.717) is 31.5 Å². The fourth-order valence-corrected chi connectivity index (χ4v) is 2.64. The van der Waals surface area contributed by atoms with Gasteiger partial charge in [-0.25, -0.2) is 0 Å². The molecule has 134 valence electrons.